The summed E-state index contributed by atoms with van der Waals surface area (Å²) >= 11 is 0. The average molecular weight is 240 g/mol. The summed E-state index contributed by atoms with van der Waals surface area (Å²) in [6, 6.07) is 10.5. The first kappa shape index (κ1) is 11.7. The van der Waals surface area contributed by atoms with Crippen LogP contribution in [-0.2, 0) is 5.54 Å². The summed E-state index contributed by atoms with van der Waals surface area (Å²) < 4.78 is 0. The number of hydrogen-bond acceptors (Lipinski definition) is 2. The summed E-state index contributed by atoms with van der Waals surface area (Å²) in [4.78, 5) is 4.36. The van der Waals surface area contributed by atoms with Gasteiger partial charge < -0.3 is 5.73 Å². The van der Waals surface area contributed by atoms with Crippen molar-refractivity contribution in [3.8, 4) is 0 Å². The molecule has 1 aliphatic rings. The minimum absolute atomic E-state index is 0.159. The zero-order valence-electron chi connectivity index (χ0n) is 11.1. The molecule has 1 fully saturated rings. The molecule has 2 N–H and O–H groups in total. The van der Waals surface area contributed by atoms with Gasteiger partial charge in [0, 0.05) is 17.1 Å². The third-order valence-corrected chi connectivity index (χ3v) is 4.22. The molecule has 0 bridgehead atoms. The van der Waals surface area contributed by atoms with E-state index >= 15 is 0 Å². The molecule has 3 rings (SSSR count). The topological polar surface area (TPSA) is 38.9 Å². The predicted octanol–water partition coefficient (Wildman–Crippen LogP) is 3.60. The van der Waals surface area contributed by atoms with Crippen molar-refractivity contribution in [2.75, 3.05) is 0 Å². The Bertz CT molecular complexity index is 588. The maximum Gasteiger partial charge on any atom is 0.0702 e. The summed E-state index contributed by atoms with van der Waals surface area (Å²) in [7, 11) is 0. The number of rotatable bonds is 1. The van der Waals surface area contributed by atoms with Gasteiger partial charge in [-0.05, 0) is 48.4 Å². The molecule has 1 atom stereocenters. The number of benzene rings is 1. The molecule has 0 aliphatic heterocycles. The molecule has 94 valence electrons. The van der Waals surface area contributed by atoms with E-state index in [0.29, 0.717) is 5.41 Å². The molecule has 0 spiro atoms. The number of aromatic nitrogens is 1. The Morgan fingerprint density at radius 2 is 2.00 bits per heavy atom. The minimum atomic E-state index is -0.159. The lowest BCUT2D eigenvalue weighted by molar-refractivity contribution is 0.340. The molecule has 0 amide bonds. The van der Waals surface area contributed by atoms with Gasteiger partial charge in [0.25, 0.3) is 0 Å². The summed E-state index contributed by atoms with van der Waals surface area (Å²) in [5, 5.41) is 1.18. The van der Waals surface area contributed by atoms with Crippen molar-refractivity contribution in [2.45, 2.75) is 38.6 Å². The maximum atomic E-state index is 6.63. The van der Waals surface area contributed by atoms with Crippen LogP contribution in [0.4, 0.5) is 0 Å². The Morgan fingerprint density at radius 1 is 1.17 bits per heavy atom. The molecule has 1 unspecified atom stereocenters. The number of fused-ring (bicyclic) bond motifs is 1. The van der Waals surface area contributed by atoms with Crippen molar-refractivity contribution >= 4 is 10.9 Å². The first-order valence-electron chi connectivity index (χ1n) is 6.63. The van der Waals surface area contributed by atoms with Gasteiger partial charge in [-0.15, -0.1) is 0 Å². The van der Waals surface area contributed by atoms with Crippen LogP contribution in [0.2, 0.25) is 0 Å². The Balaban J connectivity index is 2.04. The van der Waals surface area contributed by atoms with Crippen molar-refractivity contribution in [3.05, 3.63) is 42.1 Å². The molecule has 1 heterocycles. The fourth-order valence-corrected chi connectivity index (χ4v) is 3.22. The third kappa shape index (κ3) is 1.91. The molecule has 18 heavy (non-hydrogen) atoms. The first-order valence-corrected chi connectivity index (χ1v) is 6.63. The molecule has 2 nitrogen and oxygen atoms in total. The van der Waals surface area contributed by atoms with Crippen molar-refractivity contribution in [1.29, 1.82) is 0 Å². The quantitative estimate of drug-likeness (QED) is 0.827. The molecule has 1 saturated carbocycles. The fourth-order valence-electron chi connectivity index (χ4n) is 3.22. The van der Waals surface area contributed by atoms with Crippen LogP contribution in [0.3, 0.4) is 0 Å². The second-order valence-corrected chi connectivity index (χ2v) is 6.41. The van der Waals surface area contributed by atoms with Gasteiger partial charge in [-0.3, -0.25) is 4.98 Å². The number of pyridine rings is 1. The van der Waals surface area contributed by atoms with E-state index in [2.05, 4.69) is 43.1 Å². The predicted molar refractivity (Wildman–Crippen MR) is 75.2 cm³/mol. The lowest BCUT2D eigenvalue weighted by Gasteiger charge is -2.27. The number of nitrogens with two attached hydrogens (primary N) is 1. The fraction of sp³-hybridized carbons (Fsp3) is 0.438. The van der Waals surface area contributed by atoms with Gasteiger partial charge in [-0.1, -0.05) is 26.0 Å². The lowest BCUT2D eigenvalue weighted by atomic mass is 9.84. The van der Waals surface area contributed by atoms with Gasteiger partial charge in [-0.25, -0.2) is 0 Å². The van der Waals surface area contributed by atoms with Crippen molar-refractivity contribution < 1.29 is 0 Å². The molecular weight excluding hydrogens is 220 g/mol. The Labute approximate surface area is 108 Å². The molecule has 2 aromatic rings. The highest BCUT2D eigenvalue weighted by atomic mass is 14.8. The van der Waals surface area contributed by atoms with Crippen LogP contribution >= 0.6 is 0 Å². The van der Waals surface area contributed by atoms with Crippen LogP contribution < -0.4 is 5.73 Å². The Morgan fingerprint density at radius 3 is 2.72 bits per heavy atom. The third-order valence-electron chi connectivity index (χ3n) is 4.22. The first-order chi connectivity index (χ1) is 8.49. The van der Waals surface area contributed by atoms with E-state index in [4.69, 9.17) is 5.73 Å². The largest absolute Gasteiger partial charge is 0.321 e. The second-order valence-electron chi connectivity index (χ2n) is 6.41. The Kier molecular flexibility index (Phi) is 2.46. The van der Waals surface area contributed by atoms with Crippen LogP contribution in [0, 0.1) is 5.41 Å². The highest BCUT2D eigenvalue weighted by molar-refractivity contribution is 5.79. The zero-order valence-corrected chi connectivity index (χ0v) is 11.1. The van der Waals surface area contributed by atoms with Crippen molar-refractivity contribution in [1.82, 2.24) is 4.98 Å². The average Bonchev–Trinajstić information content (AvgIpc) is 2.64. The van der Waals surface area contributed by atoms with Crippen LogP contribution in [0.5, 0.6) is 0 Å². The molecule has 0 radical (unpaired) electrons. The van der Waals surface area contributed by atoms with Gasteiger partial charge in [0.2, 0.25) is 0 Å². The second kappa shape index (κ2) is 3.79. The van der Waals surface area contributed by atoms with E-state index in [0.717, 1.165) is 18.4 Å². The van der Waals surface area contributed by atoms with Gasteiger partial charge in [0.15, 0.2) is 0 Å². The van der Waals surface area contributed by atoms with E-state index in [1.807, 2.05) is 12.3 Å². The SMILES string of the molecule is CC1(C)CCC(N)(c2ccc3ncccc3c2)C1. The summed E-state index contributed by atoms with van der Waals surface area (Å²) in [6.45, 7) is 4.62. The molecule has 1 aromatic carbocycles. The van der Waals surface area contributed by atoms with E-state index < -0.39 is 0 Å². The number of nitrogens with zero attached hydrogens (tertiary/aromatic N) is 1. The molecule has 2 heteroatoms. The summed E-state index contributed by atoms with van der Waals surface area (Å²) in [5.74, 6) is 0. The van der Waals surface area contributed by atoms with Crippen LogP contribution in [0.15, 0.2) is 36.5 Å². The monoisotopic (exact) mass is 240 g/mol. The van der Waals surface area contributed by atoms with Crippen LogP contribution in [0.1, 0.15) is 38.7 Å². The Hall–Kier alpha value is -1.41. The zero-order chi connectivity index (χ0) is 12.8. The van der Waals surface area contributed by atoms with E-state index in [-0.39, 0.29) is 5.54 Å². The van der Waals surface area contributed by atoms with E-state index in [1.54, 1.807) is 0 Å². The minimum Gasteiger partial charge on any atom is -0.321 e. The van der Waals surface area contributed by atoms with Crippen molar-refractivity contribution in [2.24, 2.45) is 11.1 Å². The normalized spacial score (nSPS) is 26.6. The highest BCUT2D eigenvalue weighted by Gasteiger charge is 2.41. The van der Waals surface area contributed by atoms with E-state index in [9.17, 15) is 0 Å². The van der Waals surface area contributed by atoms with E-state index in [1.165, 1.54) is 17.4 Å². The van der Waals surface area contributed by atoms with Gasteiger partial charge in [-0.2, -0.15) is 0 Å². The number of hydrogen-bond donors (Lipinski definition) is 1. The standard InChI is InChI=1S/C16H20N2/c1-15(2)7-8-16(17,11-15)13-5-6-14-12(10-13)4-3-9-18-14/h3-6,9-10H,7-8,11,17H2,1-2H3. The smallest absolute Gasteiger partial charge is 0.0702 e. The van der Waals surface area contributed by atoms with Crippen LogP contribution in [0.25, 0.3) is 10.9 Å². The van der Waals surface area contributed by atoms with Gasteiger partial charge in [0.05, 0.1) is 5.52 Å². The summed E-state index contributed by atoms with van der Waals surface area (Å²) in [6.07, 6.45) is 5.17. The van der Waals surface area contributed by atoms with Crippen LogP contribution in [-0.4, -0.2) is 4.98 Å². The maximum absolute atomic E-state index is 6.63. The lowest BCUT2D eigenvalue weighted by Crippen LogP contribution is -2.34. The molecule has 1 aliphatic carbocycles. The highest BCUT2D eigenvalue weighted by Crippen LogP contribution is 2.47. The van der Waals surface area contributed by atoms with Crippen molar-refractivity contribution in [3.63, 3.8) is 0 Å². The van der Waals surface area contributed by atoms with Gasteiger partial charge in [0.1, 0.15) is 0 Å². The molecule has 1 aromatic heterocycles. The summed E-state index contributed by atoms with van der Waals surface area (Å²) in [5.41, 5.74) is 9.13. The molecular formula is C16H20N2. The van der Waals surface area contributed by atoms with Gasteiger partial charge >= 0.3 is 0 Å². The molecule has 0 saturated heterocycles.